The molecule has 0 fully saturated rings. The van der Waals surface area contributed by atoms with Gasteiger partial charge in [-0.3, -0.25) is 0 Å². The Kier molecular flexibility index (Phi) is 5.47. The standard InChI is InChI=1S/C28H26O4/c1-15-7-9-21-23(11-15)19(5)17(3)13-25(21)27(29)31-32-28(30)26-14-18(4)20(6)24-12-16(2)8-10-22(24)26/h7-14H,1-6H3. The van der Waals surface area contributed by atoms with Crippen molar-refractivity contribution in [3.8, 4) is 0 Å². The summed E-state index contributed by atoms with van der Waals surface area (Å²) in [5.74, 6) is -1.39. The smallest absolute Gasteiger partial charge is 0.241 e. The van der Waals surface area contributed by atoms with Crippen LogP contribution in [0.15, 0.2) is 48.5 Å². The van der Waals surface area contributed by atoms with E-state index >= 15 is 0 Å². The van der Waals surface area contributed by atoms with Crippen molar-refractivity contribution in [2.24, 2.45) is 0 Å². The Hall–Kier alpha value is -3.66. The molecule has 0 aliphatic carbocycles. The van der Waals surface area contributed by atoms with E-state index in [0.717, 1.165) is 54.9 Å². The molecule has 4 nitrogen and oxygen atoms in total. The molecule has 4 aromatic carbocycles. The Morgan fingerprint density at radius 3 is 1.28 bits per heavy atom. The third-order valence-corrected chi connectivity index (χ3v) is 6.28. The van der Waals surface area contributed by atoms with Crippen LogP contribution in [0.1, 0.15) is 54.1 Å². The summed E-state index contributed by atoms with van der Waals surface area (Å²) in [5, 5.41) is 3.51. The van der Waals surface area contributed by atoms with E-state index in [-0.39, 0.29) is 0 Å². The topological polar surface area (TPSA) is 52.6 Å². The molecule has 162 valence electrons. The van der Waals surface area contributed by atoms with Gasteiger partial charge in [0.25, 0.3) is 0 Å². The van der Waals surface area contributed by atoms with Crippen molar-refractivity contribution in [1.29, 1.82) is 0 Å². The molecule has 0 saturated carbocycles. The summed E-state index contributed by atoms with van der Waals surface area (Å²) >= 11 is 0. The van der Waals surface area contributed by atoms with E-state index in [1.54, 1.807) is 12.1 Å². The van der Waals surface area contributed by atoms with Gasteiger partial charge in [0, 0.05) is 0 Å². The largest absolute Gasteiger partial charge is 0.386 e. The van der Waals surface area contributed by atoms with Gasteiger partial charge < -0.3 is 0 Å². The monoisotopic (exact) mass is 426 g/mol. The SMILES string of the molecule is Cc1ccc2c(C(=O)OOC(=O)c3cc(C)c(C)c4cc(C)ccc34)cc(C)c(C)c2c1. The van der Waals surface area contributed by atoms with E-state index in [1.165, 1.54) is 0 Å². The summed E-state index contributed by atoms with van der Waals surface area (Å²) in [7, 11) is 0. The van der Waals surface area contributed by atoms with Gasteiger partial charge in [0.05, 0.1) is 11.1 Å². The molecule has 0 unspecified atom stereocenters. The first-order chi connectivity index (χ1) is 15.2. The van der Waals surface area contributed by atoms with Gasteiger partial charge >= 0.3 is 11.9 Å². The Morgan fingerprint density at radius 2 is 0.906 bits per heavy atom. The molecule has 0 bridgehead atoms. The molecule has 0 aromatic heterocycles. The molecule has 0 saturated heterocycles. The Balaban J connectivity index is 1.66. The first-order valence-electron chi connectivity index (χ1n) is 10.6. The molecular formula is C28H26O4. The van der Waals surface area contributed by atoms with E-state index in [1.807, 2.05) is 77.9 Å². The molecule has 0 amide bonds. The number of rotatable bonds is 2. The third-order valence-electron chi connectivity index (χ3n) is 6.28. The normalized spacial score (nSPS) is 11.1. The lowest BCUT2D eigenvalue weighted by Gasteiger charge is -2.13. The van der Waals surface area contributed by atoms with Crippen molar-refractivity contribution < 1.29 is 19.4 Å². The van der Waals surface area contributed by atoms with E-state index in [0.29, 0.717) is 11.1 Å². The fourth-order valence-electron chi connectivity index (χ4n) is 4.14. The second-order valence-corrected chi connectivity index (χ2v) is 8.57. The first kappa shape index (κ1) is 21.6. The quantitative estimate of drug-likeness (QED) is 0.262. The van der Waals surface area contributed by atoms with Crippen molar-refractivity contribution in [2.75, 3.05) is 0 Å². The highest BCUT2D eigenvalue weighted by Crippen LogP contribution is 2.29. The van der Waals surface area contributed by atoms with Crippen molar-refractivity contribution in [3.63, 3.8) is 0 Å². The van der Waals surface area contributed by atoms with Gasteiger partial charge in [-0.15, -0.1) is 0 Å². The summed E-state index contributed by atoms with van der Waals surface area (Å²) < 4.78 is 0. The van der Waals surface area contributed by atoms with Crippen molar-refractivity contribution in [1.82, 2.24) is 0 Å². The minimum absolute atomic E-state index is 0.372. The van der Waals surface area contributed by atoms with Crippen LogP contribution >= 0.6 is 0 Å². The minimum atomic E-state index is -0.695. The third kappa shape index (κ3) is 3.73. The van der Waals surface area contributed by atoms with E-state index in [9.17, 15) is 9.59 Å². The zero-order chi connectivity index (χ0) is 23.2. The van der Waals surface area contributed by atoms with Crippen LogP contribution in [0, 0.1) is 41.5 Å². The lowest BCUT2D eigenvalue weighted by Crippen LogP contribution is -2.13. The number of benzene rings is 4. The van der Waals surface area contributed by atoms with Crippen molar-refractivity contribution in [2.45, 2.75) is 41.5 Å². The van der Waals surface area contributed by atoms with Crippen LogP contribution in [-0.4, -0.2) is 11.9 Å². The molecule has 0 radical (unpaired) electrons. The number of hydrogen-bond donors (Lipinski definition) is 0. The van der Waals surface area contributed by atoms with Crippen molar-refractivity contribution >= 4 is 33.5 Å². The van der Waals surface area contributed by atoms with E-state index in [4.69, 9.17) is 9.78 Å². The second-order valence-electron chi connectivity index (χ2n) is 8.57. The summed E-state index contributed by atoms with van der Waals surface area (Å²) in [6.07, 6.45) is 0. The molecule has 0 aliphatic rings. The number of carbonyl (C=O) groups is 2. The van der Waals surface area contributed by atoms with Gasteiger partial charge in [-0.25, -0.2) is 19.4 Å². The summed E-state index contributed by atoms with van der Waals surface area (Å²) in [6, 6.07) is 15.3. The Morgan fingerprint density at radius 1 is 0.531 bits per heavy atom. The molecule has 4 aromatic rings. The highest BCUT2D eigenvalue weighted by Gasteiger charge is 2.21. The zero-order valence-electron chi connectivity index (χ0n) is 19.3. The van der Waals surface area contributed by atoms with E-state index < -0.39 is 11.9 Å². The van der Waals surface area contributed by atoms with Gasteiger partial charge in [-0.2, -0.15) is 0 Å². The molecule has 0 aliphatic heterocycles. The number of aryl methyl sites for hydroxylation is 6. The number of hydrogen-bond acceptors (Lipinski definition) is 4. The molecule has 0 N–H and O–H groups in total. The first-order valence-corrected chi connectivity index (χ1v) is 10.6. The second kappa shape index (κ2) is 8.12. The summed E-state index contributed by atoms with van der Waals surface area (Å²) in [4.78, 5) is 35.8. The zero-order valence-corrected chi connectivity index (χ0v) is 19.3. The van der Waals surface area contributed by atoms with Crippen LogP contribution in [0.4, 0.5) is 0 Å². The average Bonchev–Trinajstić information content (AvgIpc) is 2.77. The average molecular weight is 427 g/mol. The van der Waals surface area contributed by atoms with Gasteiger partial charge in [0.1, 0.15) is 0 Å². The predicted molar refractivity (Wildman–Crippen MR) is 127 cm³/mol. The molecular weight excluding hydrogens is 400 g/mol. The Bertz CT molecular complexity index is 1300. The lowest BCUT2D eigenvalue weighted by atomic mass is 9.95. The summed E-state index contributed by atoms with van der Waals surface area (Å²) in [6.45, 7) is 12.0. The lowest BCUT2D eigenvalue weighted by molar-refractivity contribution is -0.187. The molecule has 0 spiro atoms. The number of fused-ring (bicyclic) bond motifs is 2. The van der Waals surface area contributed by atoms with Gasteiger partial charge in [0.2, 0.25) is 0 Å². The maximum Gasteiger partial charge on any atom is 0.386 e. The Labute approximate surface area is 187 Å². The predicted octanol–water partition coefficient (Wildman–Crippen LogP) is 6.77. The van der Waals surface area contributed by atoms with Crippen LogP contribution in [0.5, 0.6) is 0 Å². The van der Waals surface area contributed by atoms with Crippen LogP contribution in [0.25, 0.3) is 21.5 Å². The maximum absolute atomic E-state index is 12.9. The van der Waals surface area contributed by atoms with Crippen LogP contribution in [0.2, 0.25) is 0 Å². The van der Waals surface area contributed by atoms with Crippen LogP contribution < -0.4 is 0 Å². The van der Waals surface area contributed by atoms with Crippen LogP contribution in [-0.2, 0) is 9.78 Å². The minimum Gasteiger partial charge on any atom is -0.241 e. The fourth-order valence-corrected chi connectivity index (χ4v) is 4.14. The molecule has 0 heterocycles. The molecule has 32 heavy (non-hydrogen) atoms. The van der Waals surface area contributed by atoms with Gasteiger partial charge in [-0.05, 0) is 97.5 Å². The highest BCUT2D eigenvalue weighted by molar-refractivity contribution is 6.08. The summed E-state index contributed by atoms with van der Waals surface area (Å²) in [5.41, 5.74) is 7.10. The number of carbonyl (C=O) groups excluding carboxylic acids is 2. The molecule has 4 heteroatoms. The van der Waals surface area contributed by atoms with Crippen LogP contribution in [0.3, 0.4) is 0 Å². The van der Waals surface area contributed by atoms with Crippen molar-refractivity contribution in [3.05, 3.63) is 93.0 Å². The molecule has 0 atom stereocenters. The fraction of sp³-hybridized carbons (Fsp3) is 0.214. The van der Waals surface area contributed by atoms with Gasteiger partial charge in [0.15, 0.2) is 0 Å². The molecule has 4 rings (SSSR count). The van der Waals surface area contributed by atoms with Gasteiger partial charge in [-0.1, -0.05) is 47.5 Å². The maximum atomic E-state index is 12.9. The highest BCUT2D eigenvalue weighted by atomic mass is 17.2. The van der Waals surface area contributed by atoms with E-state index in [2.05, 4.69) is 0 Å².